The Balaban J connectivity index is 1.36. The molecule has 1 amide bonds. The molecule has 0 radical (unpaired) electrons. The first kappa shape index (κ1) is 21.4. The molecule has 0 aromatic heterocycles. The van der Waals surface area contributed by atoms with E-state index in [1.807, 2.05) is 23.1 Å². The summed E-state index contributed by atoms with van der Waals surface area (Å²) in [7, 11) is 5.37. The molecule has 1 aliphatic carbocycles. The monoisotopic (exact) mass is 417 g/mol. The minimum atomic E-state index is -0.282. The van der Waals surface area contributed by atoms with Crippen LogP contribution in [0.15, 0.2) is 18.2 Å². The van der Waals surface area contributed by atoms with Gasteiger partial charge >= 0.3 is 0 Å². The van der Waals surface area contributed by atoms with E-state index in [9.17, 15) is 9.90 Å². The summed E-state index contributed by atoms with van der Waals surface area (Å²) in [4.78, 5) is 19.8. The van der Waals surface area contributed by atoms with Crippen molar-refractivity contribution in [3.63, 3.8) is 0 Å². The Bertz CT molecular complexity index is 750. The molecule has 30 heavy (non-hydrogen) atoms. The largest absolute Gasteiger partial charge is 0.493 e. The van der Waals surface area contributed by atoms with Crippen LogP contribution < -0.4 is 9.47 Å². The highest BCUT2D eigenvalue weighted by Gasteiger charge is 2.44. The van der Waals surface area contributed by atoms with Crippen LogP contribution in [0.25, 0.3) is 0 Å². The van der Waals surface area contributed by atoms with E-state index in [1.165, 1.54) is 0 Å². The maximum atomic E-state index is 13.0. The number of rotatable bonds is 5. The van der Waals surface area contributed by atoms with E-state index in [4.69, 9.17) is 9.47 Å². The van der Waals surface area contributed by atoms with Crippen LogP contribution in [-0.4, -0.2) is 98.4 Å². The van der Waals surface area contributed by atoms with Crippen molar-refractivity contribution in [2.45, 2.75) is 31.4 Å². The number of aliphatic hydroxyl groups excluding tert-OH is 1. The molecule has 4 rings (SSSR count). The van der Waals surface area contributed by atoms with Gasteiger partial charge in [0.05, 0.1) is 26.7 Å². The predicted octanol–water partition coefficient (Wildman–Crippen LogP) is 1.09. The van der Waals surface area contributed by atoms with Gasteiger partial charge in [-0.3, -0.25) is 9.69 Å². The van der Waals surface area contributed by atoms with Crippen LogP contribution in [0, 0.1) is 11.8 Å². The third kappa shape index (κ3) is 4.43. The molecule has 1 N–H and O–H groups in total. The molecule has 2 aliphatic heterocycles. The summed E-state index contributed by atoms with van der Waals surface area (Å²) in [5.41, 5.74) is 0.933. The highest BCUT2D eigenvalue weighted by atomic mass is 16.5. The van der Waals surface area contributed by atoms with Gasteiger partial charge in [0.1, 0.15) is 0 Å². The SMILES string of the molecule is COc1ccc(CC(=O)N2C[C@H]3C[C@@H](N4CCN(C)CC4)[C@H](O)C[C@H]3C2)cc1OC. The van der Waals surface area contributed by atoms with Crippen LogP contribution >= 0.6 is 0 Å². The number of nitrogens with zero attached hydrogens (tertiary/aromatic N) is 3. The average Bonchev–Trinajstić information content (AvgIpc) is 3.16. The van der Waals surface area contributed by atoms with Crippen LogP contribution in [0.5, 0.6) is 11.5 Å². The molecule has 2 heterocycles. The van der Waals surface area contributed by atoms with Crippen LogP contribution in [-0.2, 0) is 11.2 Å². The molecule has 1 aromatic carbocycles. The first-order chi connectivity index (χ1) is 14.5. The molecule has 1 aromatic rings. The number of methoxy groups -OCH3 is 2. The normalized spacial score (nSPS) is 30.2. The fourth-order valence-electron chi connectivity index (χ4n) is 5.43. The van der Waals surface area contributed by atoms with E-state index in [0.29, 0.717) is 29.8 Å². The number of aliphatic hydroxyl groups is 1. The smallest absolute Gasteiger partial charge is 0.227 e. The minimum Gasteiger partial charge on any atom is -0.493 e. The van der Waals surface area contributed by atoms with Gasteiger partial charge in [0.2, 0.25) is 5.91 Å². The van der Waals surface area contributed by atoms with Crippen molar-refractivity contribution in [3.8, 4) is 11.5 Å². The van der Waals surface area contributed by atoms with E-state index in [1.54, 1.807) is 14.2 Å². The number of benzene rings is 1. The lowest BCUT2D eigenvalue weighted by Crippen LogP contribution is -2.55. The predicted molar refractivity (Wildman–Crippen MR) is 115 cm³/mol. The summed E-state index contributed by atoms with van der Waals surface area (Å²) in [5, 5.41) is 10.8. The van der Waals surface area contributed by atoms with Crippen LogP contribution in [0.4, 0.5) is 0 Å². The number of hydrogen-bond acceptors (Lipinski definition) is 6. The van der Waals surface area contributed by atoms with Gasteiger partial charge in [0.25, 0.3) is 0 Å². The number of likely N-dealkylation sites (N-methyl/N-ethyl adjacent to an activating group) is 1. The molecule has 3 fully saturated rings. The zero-order valence-electron chi connectivity index (χ0n) is 18.4. The Morgan fingerprint density at radius 3 is 2.37 bits per heavy atom. The quantitative estimate of drug-likeness (QED) is 0.774. The van der Waals surface area contributed by atoms with Crippen molar-refractivity contribution in [2.75, 3.05) is 60.5 Å². The highest BCUT2D eigenvalue weighted by Crippen LogP contribution is 2.39. The van der Waals surface area contributed by atoms with Gasteiger partial charge in [-0.25, -0.2) is 0 Å². The van der Waals surface area contributed by atoms with E-state index >= 15 is 0 Å². The van der Waals surface area contributed by atoms with Crippen molar-refractivity contribution >= 4 is 5.91 Å². The van der Waals surface area contributed by atoms with Gasteiger partial charge < -0.3 is 24.4 Å². The van der Waals surface area contributed by atoms with Crippen LogP contribution in [0.2, 0.25) is 0 Å². The molecular formula is C23H35N3O4. The molecule has 7 heteroatoms. The van der Waals surface area contributed by atoms with Crippen LogP contribution in [0.3, 0.4) is 0 Å². The molecule has 0 unspecified atom stereocenters. The maximum Gasteiger partial charge on any atom is 0.227 e. The fraction of sp³-hybridized carbons (Fsp3) is 0.696. The van der Waals surface area contributed by atoms with Gasteiger partial charge in [-0.1, -0.05) is 6.07 Å². The number of ether oxygens (including phenoxy) is 2. The Labute approximate surface area is 179 Å². The lowest BCUT2D eigenvalue weighted by atomic mass is 9.77. The zero-order valence-corrected chi connectivity index (χ0v) is 18.4. The summed E-state index contributed by atoms with van der Waals surface area (Å²) in [6, 6.07) is 5.89. The van der Waals surface area contributed by atoms with Gasteiger partial charge in [0.15, 0.2) is 11.5 Å². The molecular weight excluding hydrogens is 382 g/mol. The zero-order chi connectivity index (χ0) is 21.3. The molecule has 7 nitrogen and oxygen atoms in total. The molecule has 1 saturated carbocycles. The first-order valence-electron chi connectivity index (χ1n) is 11.1. The minimum absolute atomic E-state index is 0.155. The van der Waals surface area contributed by atoms with E-state index in [0.717, 1.165) is 57.7 Å². The third-order valence-corrected chi connectivity index (χ3v) is 7.27. The molecule has 4 atom stereocenters. The number of carbonyl (C=O) groups excluding carboxylic acids is 1. The van der Waals surface area contributed by atoms with Crippen molar-refractivity contribution in [2.24, 2.45) is 11.8 Å². The van der Waals surface area contributed by atoms with E-state index in [2.05, 4.69) is 16.8 Å². The number of fused-ring (bicyclic) bond motifs is 1. The van der Waals surface area contributed by atoms with Gasteiger partial charge in [0, 0.05) is 45.3 Å². The van der Waals surface area contributed by atoms with Crippen molar-refractivity contribution in [1.29, 1.82) is 0 Å². The standard InChI is InChI=1S/C23H35N3O4/c1-24-6-8-25(9-7-24)19-12-17-14-26(15-18(17)13-20(19)27)23(28)11-16-4-5-21(29-2)22(10-16)30-3/h4-5,10,17-20,27H,6-9,11-15H2,1-3H3/t17-,18+,19-,20-/m1/s1. The Kier molecular flexibility index (Phi) is 6.51. The Hall–Kier alpha value is -1.83. The Morgan fingerprint density at radius 1 is 1.03 bits per heavy atom. The summed E-state index contributed by atoms with van der Waals surface area (Å²) in [5.74, 6) is 2.38. The van der Waals surface area contributed by atoms with Crippen molar-refractivity contribution in [1.82, 2.24) is 14.7 Å². The van der Waals surface area contributed by atoms with E-state index in [-0.39, 0.29) is 18.1 Å². The lowest BCUT2D eigenvalue weighted by Gasteiger charge is -2.44. The summed E-state index contributed by atoms with van der Waals surface area (Å²) >= 11 is 0. The molecule has 0 bridgehead atoms. The highest BCUT2D eigenvalue weighted by molar-refractivity contribution is 5.79. The maximum absolute atomic E-state index is 13.0. The lowest BCUT2D eigenvalue weighted by molar-refractivity contribution is -0.129. The van der Waals surface area contributed by atoms with Gasteiger partial charge in [-0.2, -0.15) is 0 Å². The van der Waals surface area contributed by atoms with Crippen molar-refractivity contribution in [3.05, 3.63) is 23.8 Å². The number of likely N-dealkylation sites (tertiary alicyclic amines) is 1. The second kappa shape index (κ2) is 9.12. The number of hydrogen-bond donors (Lipinski definition) is 1. The summed E-state index contributed by atoms with van der Waals surface area (Å²) < 4.78 is 10.6. The number of carbonyl (C=O) groups is 1. The Morgan fingerprint density at radius 2 is 1.70 bits per heavy atom. The average molecular weight is 418 g/mol. The molecule has 0 spiro atoms. The molecule has 3 aliphatic rings. The molecule has 166 valence electrons. The van der Waals surface area contributed by atoms with E-state index < -0.39 is 0 Å². The number of amides is 1. The van der Waals surface area contributed by atoms with Gasteiger partial charge in [-0.05, 0) is 49.4 Å². The third-order valence-electron chi connectivity index (χ3n) is 7.27. The second-order valence-electron chi connectivity index (χ2n) is 9.13. The number of piperazine rings is 1. The summed E-state index contributed by atoms with van der Waals surface area (Å²) in [6.45, 7) is 5.76. The van der Waals surface area contributed by atoms with Crippen molar-refractivity contribution < 1.29 is 19.4 Å². The van der Waals surface area contributed by atoms with Crippen LogP contribution in [0.1, 0.15) is 18.4 Å². The molecule has 2 saturated heterocycles. The van der Waals surface area contributed by atoms with Gasteiger partial charge in [-0.15, -0.1) is 0 Å². The second-order valence-corrected chi connectivity index (χ2v) is 9.13. The topological polar surface area (TPSA) is 65.5 Å². The summed E-state index contributed by atoms with van der Waals surface area (Å²) in [6.07, 6.45) is 1.89. The fourth-order valence-corrected chi connectivity index (χ4v) is 5.43. The first-order valence-corrected chi connectivity index (χ1v) is 11.1.